The van der Waals surface area contributed by atoms with Crippen LogP contribution in [0.3, 0.4) is 0 Å². The summed E-state index contributed by atoms with van der Waals surface area (Å²) in [7, 11) is 1.66. The van der Waals surface area contributed by atoms with Crippen LogP contribution in [-0.2, 0) is 6.54 Å². The van der Waals surface area contributed by atoms with Crippen molar-refractivity contribution in [2.75, 3.05) is 7.11 Å². The fourth-order valence-corrected chi connectivity index (χ4v) is 1.35. The minimum absolute atomic E-state index is 0.469. The van der Waals surface area contributed by atoms with Gasteiger partial charge in [0.25, 0.3) is 0 Å². The SMILES string of the molecule is COc1ccc(CNO)c(C)c1C. The minimum Gasteiger partial charge on any atom is -0.496 e. The number of hydrogen-bond donors (Lipinski definition) is 2. The molecule has 0 amide bonds. The smallest absolute Gasteiger partial charge is 0.122 e. The van der Waals surface area contributed by atoms with Gasteiger partial charge in [0.15, 0.2) is 0 Å². The van der Waals surface area contributed by atoms with E-state index in [4.69, 9.17) is 9.94 Å². The highest BCUT2D eigenvalue weighted by atomic mass is 16.5. The Kier molecular flexibility index (Phi) is 3.28. The third kappa shape index (κ3) is 1.99. The van der Waals surface area contributed by atoms with Gasteiger partial charge in [0.1, 0.15) is 5.75 Å². The summed E-state index contributed by atoms with van der Waals surface area (Å²) in [5, 5.41) is 8.58. The zero-order valence-corrected chi connectivity index (χ0v) is 8.22. The van der Waals surface area contributed by atoms with Crippen LogP contribution in [0.1, 0.15) is 16.7 Å². The van der Waals surface area contributed by atoms with Crippen LogP contribution in [-0.4, -0.2) is 12.3 Å². The number of nitrogens with one attached hydrogen (secondary N) is 1. The van der Waals surface area contributed by atoms with Crippen LogP contribution in [0.25, 0.3) is 0 Å². The van der Waals surface area contributed by atoms with Gasteiger partial charge < -0.3 is 9.94 Å². The van der Waals surface area contributed by atoms with E-state index in [1.165, 1.54) is 0 Å². The van der Waals surface area contributed by atoms with E-state index in [9.17, 15) is 0 Å². The molecule has 1 rings (SSSR count). The molecule has 72 valence electrons. The molecule has 0 saturated carbocycles. The summed E-state index contributed by atoms with van der Waals surface area (Å²) in [5.74, 6) is 0.888. The van der Waals surface area contributed by atoms with Crippen LogP contribution in [0.5, 0.6) is 5.75 Å². The molecule has 0 bridgehead atoms. The standard InChI is InChI=1S/C10H15NO2/c1-7-8(2)10(13-3)5-4-9(7)6-11-12/h4-5,11-12H,6H2,1-3H3. The number of benzene rings is 1. The molecule has 3 nitrogen and oxygen atoms in total. The molecule has 0 aliphatic carbocycles. The maximum atomic E-state index is 8.58. The molecule has 0 heterocycles. The predicted molar refractivity (Wildman–Crippen MR) is 51.1 cm³/mol. The monoisotopic (exact) mass is 181 g/mol. The van der Waals surface area contributed by atoms with Gasteiger partial charge in [0, 0.05) is 6.54 Å². The van der Waals surface area contributed by atoms with E-state index in [0.717, 1.165) is 22.4 Å². The van der Waals surface area contributed by atoms with Gasteiger partial charge in [-0.3, -0.25) is 0 Å². The highest BCUT2D eigenvalue weighted by Crippen LogP contribution is 2.23. The van der Waals surface area contributed by atoms with Crippen LogP contribution in [0.2, 0.25) is 0 Å². The van der Waals surface area contributed by atoms with Crippen molar-refractivity contribution in [3.8, 4) is 5.75 Å². The number of ether oxygens (including phenoxy) is 1. The molecule has 0 spiro atoms. The van der Waals surface area contributed by atoms with E-state index >= 15 is 0 Å². The van der Waals surface area contributed by atoms with Crippen LogP contribution in [0, 0.1) is 13.8 Å². The molecule has 2 N–H and O–H groups in total. The van der Waals surface area contributed by atoms with Gasteiger partial charge in [-0.25, -0.2) is 5.48 Å². The topological polar surface area (TPSA) is 41.5 Å². The second-order valence-corrected chi connectivity index (χ2v) is 3.01. The molecule has 0 aliphatic heterocycles. The highest BCUT2D eigenvalue weighted by molar-refractivity contribution is 5.43. The van der Waals surface area contributed by atoms with Crippen LogP contribution >= 0.6 is 0 Å². The lowest BCUT2D eigenvalue weighted by Crippen LogP contribution is -2.08. The minimum atomic E-state index is 0.469. The first kappa shape index (κ1) is 10.0. The van der Waals surface area contributed by atoms with Gasteiger partial charge in [-0.15, -0.1) is 0 Å². The Morgan fingerprint density at radius 3 is 2.54 bits per heavy atom. The van der Waals surface area contributed by atoms with Crippen molar-refractivity contribution < 1.29 is 9.94 Å². The van der Waals surface area contributed by atoms with Gasteiger partial charge in [-0.1, -0.05) is 6.07 Å². The second kappa shape index (κ2) is 4.25. The molecule has 0 unspecified atom stereocenters. The first-order chi connectivity index (χ1) is 6.20. The van der Waals surface area contributed by atoms with Gasteiger partial charge in [0.2, 0.25) is 0 Å². The Balaban J connectivity index is 3.07. The van der Waals surface area contributed by atoms with Crippen molar-refractivity contribution in [3.63, 3.8) is 0 Å². The third-order valence-electron chi connectivity index (χ3n) is 2.34. The van der Waals surface area contributed by atoms with Gasteiger partial charge in [-0.2, -0.15) is 0 Å². The van der Waals surface area contributed by atoms with Crippen molar-refractivity contribution in [3.05, 3.63) is 28.8 Å². The third-order valence-corrected chi connectivity index (χ3v) is 2.34. The number of methoxy groups -OCH3 is 1. The molecule has 0 atom stereocenters. The maximum absolute atomic E-state index is 8.58. The van der Waals surface area contributed by atoms with Crippen molar-refractivity contribution in [1.82, 2.24) is 5.48 Å². The molecular formula is C10H15NO2. The molecule has 13 heavy (non-hydrogen) atoms. The Morgan fingerprint density at radius 2 is 2.00 bits per heavy atom. The summed E-state index contributed by atoms with van der Waals surface area (Å²) in [6.45, 7) is 4.50. The largest absolute Gasteiger partial charge is 0.496 e. The zero-order valence-electron chi connectivity index (χ0n) is 8.22. The van der Waals surface area contributed by atoms with E-state index in [1.54, 1.807) is 7.11 Å². The predicted octanol–water partition coefficient (Wildman–Crippen LogP) is 1.79. The average Bonchev–Trinajstić information content (AvgIpc) is 2.14. The fourth-order valence-electron chi connectivity index (χ4n) is 1.35. The molecule has 3 heteroatoms. The Hall–Kier alpha value is -1.06. The van der Waals surface area contributed by atoms with Crippen molar-refractivity contribution in [1.29, 1.82) is 0 Å². The number of rotatable bonds is 3. The van der Waals surface area contributed by atoms with Gasteiger partial charge in [0.05, 0.1) is 7.11 Å². The number of hydrogen-bond acceptors (Lipinski definition) is 3. The van der Waals surface area contributed by atoms with Gasteiger partial charge >= 0.3 is 0 Å². The Morgan fingerprint density at radius 1 is 1.31 bits per heavy atom. The molecule has 1 aromatic carbocycles. The summed E-state index contributed by atoms with van der Waals surface area (Å²) >= 11 is 0. The molecule has 1 aromatic rings. The molecule has 0 aromatic heterocycles. The average molecular weight is 181 g/mol. The van der Waals surface area contributed by atoms with Gasteiger partial charge in [-0.05, 0) is 36.6 Å². The maximum Gasteiger partial charge on any atom is 0.122 e. The molecular weight excluding hydrogens is 166 g/mol. The lowest BCUT2D eigenvalue weighted by Gasteiger charge is -2.11. The van der Waals surface area contributed by atoms with Crippen LogP contribution in [0.4, 0.5) is 0 Å². The zero-order chi connectivity index (χ0) is 9.84. The summed E-state index contributed by atoms with van der Waals surface area (Å²) in [5.41, 5.74) is 5.51. The molecule has 0 fully saturated rings. The molecule has 0 saturated heterocycles. The van der Waals surface area contributed by atoms with Crippen LogP contribution in [0.15, 0.2) is 12.1 Å². The first-order valence-electron chi connectivity index (χ1n) is 4.20. The van der Waals surface area contributed by atoms with E-state index in [0.29, 0.717) is 6.54 Å². The lowest BCUT2D eigenvalue weighted by molar-refractivity contribution is 0.161. The van der Waals surface area contributed by atoms with Crippen LogP contribution < -0.4 is 10.2 Å². The molecule has 0 aliphatic rings. The Labute approximate surface area is 78.3 Å². The van der Waals surface area contributed by atoms with E-state index in [2.05, 4.69) is 5.48 Å². The van der Waals surface area contributed by atoms with E-state index in [-0.39, 0.29) is 0 Å². The molecule has 0 radical (unpaired) electrons. The fraction of sp³-hybridized carbons (Fsp3) is 0.400. The Bertz CT molecular complexity index is 297. The summed E-state index contributed by atoms with van der Waals surface area (Å²) < 4.78 is 5.18. The van der Waals surface area contributed by atoms with E-state index < -0.39 is 0 Å². The van der Waals surface area contributed by atoms with E-state index in [1.807, 2.05) is 26.0 Å². The lowest BCUT2D eigenvalue weighted by atomic mass is 10.0. The normalized spacial score (nSPS) is 10.2. The van der Waals surface area contributed by atoms with Crippen molar-refractivity contribution >= 4 is 0 Å². The number of hydroxylamine groups is 1. The van der Waals surface area contributed by atoms with Crippen molar-refractivity contribution in [2.45, 2.75) is 20.4 Å². The quantitative estimate of drug-likeness (QED) is 0.698. The first-order valence-corrected chi connectivity index (χ1v) is 4.20. The summed E-state index contributed by atoms with van der Waals surface area (Å²) in [6.07, 6.45) is 0. The van der Waals surface area contributed by atoms with Crippen molar-refractivity contribution in [2.24, 2.45) is 0 Å². The second-order valence-electron chi connectivity index (χ2n) is 3.01. The summed E-state index contributed by atoms with van der Waals surface area (Å²) in [6, 6.07) is 3.86. The highest BCUT2D eigenvalue weighted by Gasteiger charge is 2.05. The summed E-state index contributed by atoms with van der Waals surface area (Å²) in [4.78, 5) is 0.